The van der Waals surface area contributed by atoms with Gasteiger partial charge in [0.2, 0.25) is 5.91 Å². The summed E-state index contributed by atoms with van der Waals surface area (Å²) in [5, 5.41) is 2.77. The van der Waals surface area contributed by atoms with E-state index in [1.165, 1.54) is 6.20 Å². The van der Waals surface area contributed by atoms with E-state index in [2.05, 4.69) is 26.2 Å². The van der Waals surface area contributed by atoms with Crippen LogP contribution in [0.25, 0.3) is 0 Å². The molecule has 17 heavy (non-hydrogen) atoms. The minimum atomic E-state index is -0.388. The quantitative estimate of drug-likeness (QED) is 0.637. The van der Waals surface area contributed by atoms with Crippen molar-refractivity contribution in [3.05, 3.63) is 27.5 Å². The predicted molar refractivity (Wildman–Crippen MR) is 67.7 cm³/mol. The highest BCUT2D eigenvalue weighted by Crippen LogP contribution is 2.17. The smallest absolute Gasteiger partial charge is 0.254 e. The topological polar surface area (TPSA) is 85.1 Å². The van der Waals surface area contributed by atoms with Crippen molar-refractivity contribution in [3.63, 3.8) is 0 Å². The van der Waals surface area contributed by atoms with Crippen molar-refractivity contribution in [2.24, 2.45) is 5.73 Å². The average Bonchev–Trinajstić information content (AvgIpc) is 2.27. The van der Waals surface area contributed by atoms with E-state index in [1.807, 2.05) is 0 Å². The number of nitrogens with zero attached hydrogens (tertiary/aromatic N) is 1. The van der Waals surface area contributed by atoms with Gasteiger partial charge in [0, 0.05) is 23.6 Å². The fourth-order valence-corrected chi connectivity index (χ4v) is 1.66. The summed E-state index contributed by atoms with van der Waals surface area (Å²) in [5.74, 6) is -0.713. The Bertz CT molecular complexity index is 440. The van der Waals surface area contributed by atoms with Crippen LogP contribution in [0.3, 0.4) is 0 Å². The molecule has 0 unspecified atom stereocenters. The lowest BCUT2D eigenvalue weighted by Crippen LogP contribution is -2.26. The van der Waals surface area contributed by atoms with Gasteiger partial charge in [0.15, 0.2) is 0 Å². The third-order valence-corrected chi connectivity index (χ3v) is 2.67. The number of aromatic nitrogens is 1. The maximum absolute atomic E-state index is 11.7. The standard InChI is InChI=1S/C10H11BrClN3O2/c11-6-4-7(9(12)15-5-6)10(17)14-3-1-2-8(13)16/h4-5H,1-3H2,(H2,13,16)(H,14,17). The highest BCUT2D eigenvalue weighted by Gasteiger charge is 2.11. The first-order chi connectivity index (χ1) is 8.00. The van der Waals surface area contributed by atoms with Gasteiger partial charge >= 0.3 is 0 Å². The van der Waals surface area contributed by atoms with Crippen molar-refractivity contribution < 1.29 is 9.59 Å². The van der Waals surface area contributed by atoms with E-state index in [1.54, 1.807) is 6.07 Å². The van der Waals surface area contributed by atoms with Crippen LogP contribution in [0, 0.1) is 0 Å². The zero-order valence-corrected chi connectivity index (χ0v) is 11.2. The fraction of sp³-hybridized carbons (Fsp3) is 0.300. The Morgan fingerprint density at radius 3 is 2.88 bits per heavy atom. The molecule has 0 aliphatic heterocycles. The van der Waals surface area contributed by atoms with Crippen LogP contribution in [-0.4, -0.2) is 23.3 Å². The Morgan fingerprint density at radius 2 is 2.24 bits per heavy atom. The highest BCUT2D eigenvalue weighted by atomic mass is 79.9. The van der Waals surface area contributed by atoms with Crippen LogP contribution in [0.15, 0.2) is 16.7 Å². The van der Waals surface area contributed by atoms with Gasteiger partial charge in [-0.15, -0.1) is 0 Å². The molecule has 0 aliphatic rings. The van der Waals surface area contributed by atoms with Gasteiger partial charge in [-0.25, -0.2) is 4.98 Å². The molecular weight excluding hydrogens is 309 g/mol. The average molecular weight is 321 g/mol. The summed E-state index contributed by atoms with van der Waals surface area (Å²) in [7, 11) is 0. The number of primary amides is 1. The Hall–Kier alpha value is -1.14. The van der Waals surface area contributed by atoms with Crippen LogP contribution in [0.4, 0.5) is 0 Å². The van der Waals surface area contributed by atoms with Gasteiger partial charge in [0.1, 0.15) is 5.15 Å². The van der Waals surface area contributed by atoms with Gasteiger partial charge < -0.3 is 11.1 Å². The van der Waals surface area contributed by atoms with E-state index >= 15 is 0 Å². The van der Waals surface area contributed by atoms with Gasteiger partial charge in [-0.2, -0.15) is 0 Å². The summed E-state index contributed by atoms with van der Waals surface area (Å²) in [6.45, 7) is 0.366. The second-order valence-corrected chi connectivity index (χ2v) is 4.59. The van der Waals surface area contributed by atoms with Gasteiger partial charge in [-0.05, 0) is 28.4 Å². The van der Waals surface area contributed by atoms with Crippen molar-refractivity contribution in [1.82, 2.24) is 10.3 Å². The molecule has 92 valence electrons. The summed E-state index contributed by atoms with van der Waals surface area (Å²) in [5.41, 5.74) is 5.27. The zero-order chi connectivity index (χ0) is 12.8. The summed E-state index contributed by atoms with van der Waals surface area (Å²) in [6, 6.07) is 1.58. The Kier molecular flexibility index (Phi) is 5.37. The summed E-state index contributed by atoms with van der Waals surface area (Å²) in [6.07, 6.45) is 2.25. The molecule has 1 aromatic rings. The SMILES string of the molecule is NC(=O)CCCNC(=O)c1cc(Br)cnc1Cl. The number of carbonyl (C=O) groups is 2. The number of pyridine rings is 1. The van der Waals surface area contributed by atoms with Crippen molar-refractivity contribution >= 4 is 39.3 Å². The van der Waals surface area contributed by atoms with Gasteiger partial charge in [-0.3, -0.25) is 9.59 Å². The van der Waals surface area contributed by atoms with Crippen LogP contribution < -0.4 is 11.1 Å². The second-order valence-electron chi connectivity index (χ2n) is 3.32. The lowest BCUT2D eigenvalue weighted by Gasteiger charge is -2.05. The van der Waals surface area contributed by atoms with Crippen LogP contribution >= 0.6 is 27.5 Å². The molecule has 0 aliphatic carbocycles. The van der Waals surface area contributed by atoms with Gasteiger partial charge in [0.25, 0.3) is 5.91 Å². The minimum absolute atomic E-state index is 0.139. The molecule has 1 rings (SSSR count). The van der Waals surface area contributed by atoms with Crippen molar-refractivity contribution in [2.75, 3.05) is 6.54 Å². The van der Waals surface area contributed by atoms with Gasteiger partial charge in [0.05, 0.1) is 5.56 Å². The first kappa shape index (κ1) is 13.9. The lowest BCUT2D eigenvalue weighted by atomic mass is 10.2. The van der Waals surface area contributed by atoms with E-state index in [9.17, 15) is 9.59 Å². The first-order valence-electron chi connectivity index (χ1n) is 4.88. The number of halogens is 2. The van der Waals surface area contributed by atoms with Crippen molar-refractivity contribution in [3.8, 4) is 0 Å². The number of nitrogens with two attached hydrogens (primary N) is 1. The molecule has 5 nitrogen and oxygen atoms in total. The van der Waals surface area contributed by atoms with Crippen LogP contribution in [-0.2, 0) is 4.79 Å². The van der Waals surface area contributed by atoms with Crippen molar-refractivity contribution in [1.29, 1.82) is 0 Å². The maximum Gasteiger partial charge on any atom is 0.254 e. The van der Waals surface area contributed by atoms with Crippen LogP contribution in [0.5, 0.6) is 0 Å². The van der Waals surface area contributed by atoms with E-state index in [4.69, 9.17) is 17.3 Å². The molecular formula is C10H11BrClN3O2. The molecule has 1 heterocycles. The van der Waals surface area contributed by atoms with E-state index < -0.39 is 0 Å². The molecule has 0 aromatic carbocycles. The van der Waals surface area contributed by atoms with E-state index in [0.29, 0.717) is 23.0 Å². The number of hydrogen-bond acceptors (Lipinski definition) is 3. The second kappa shape index (κ2) is 6.56. The first-order valence-corrected chi connectivity index (χ1v) is 6.05. The molecule has 0 spiro atoms. The highest BCUT2D eigenvalue weighted by molar-refractivity contribution is 9.10. The van der Waals surface area contributed by atoms with Crippen LogP contribution in [0.2, 0.25) is 5.15 Å². The third kappa shape index (κ3) is 4.70. The molecule has 0 radical (unpaired) electrons. The molecule has 0 saturated carbocycles. The number of hydrogen-bond donors (Lipinski definition) is 2. The third-order valence-electron chi connectivity index (χ3n) is 1.94. The lowest BCUT2D eigenvalue weighted by molar-refractivity contribution is -0.118. The number of rotatable bonds is 5. The Labute approximate surface area is 112 Å². The summed E-state index contributed by atoms with van der Waals surface area (Å²) < 4.78 is 0.671. The van der Waals surface area contributed by atoms with E-state index in [0.717, 1.165) is 0 Å². The predicted octanol–water partition coefficient (Wildman–Crippen LogP) is 1.49. The van der Waals surface area contributed by atoms with E-state index in [-0.39, 0.29) is 23.4 Å². The molecule has 2 amide bonds. The molecule has 3 N–H and O–H groups in total. The molecule has 7 heteroatoms. The Morgan fingerprint density at radius 1 is 1.53 bits per heavy atom. The normalized spacial score (nSPS) is 10.0. The summed E-state index contributed by atoms with van der Waals surface area (Å²) in [4.78, 5) is 26.0. The number of carbonyl (C=O) groups excluding carboxylic acids is 2. The fourth-order valence-electron chi connectivity index (χ4n) is 1.14. The summed E-state index contributed by atoms with van der Waals surface area (Å²) >= 11 is 8.99. The maximum atomic E-state index is 11.7. The number of nitrogens with one attached hydrogen (secondary N) is 1. The molecule has 0 bridgehead atoms. The monoisotopic (exact) mass is 319 g/mol. The molecule has 0 saturated heterocycles. The zero-order valence-electron chi connectivity index (χ0n) is 8.87. The molecule has 0 fully saturated rings. The molecule has 0 atom stereocenters. The largest absolute Gasteiger partial charge is 0.370 e. The number of amides is 2. The van der Waals surface area contributed by atoms with Gasteiger partial charge in [-0.1, -0.05) is 11.6 Å². The van der Waals surface area contributed by atoms with Crippen molar-refractivity contribution in [2.45, 2.75) is 12.8 Å². The Balaban J connectivity index is 2.52. The minimum Gasteiger partial charge on any atom is -0.370 e. The molecule has 1 aromatic heterocycles. The van der Waals surface area contributed by atoms with Crippen LogP contribution in [0.1, 0.15) is 23.2 Å².